The number of amides is 1. The van der Waals surface area contributed by atoms with E-state index in [-0.39, 0.29) is 12.5 Å². The van der Waals surface area contributed by atoms with Crippen molar-refractivity contribution in [3.05, 3.63) is 65.2 Å². The minimum Gasteiger partial charge on any atom is -0.483 e. The maximum absolute atomic E-state index is 11.8. The second-order valence-electron chi connectivity index (χ2n) is 5.11. The Morgan fingerprint density at radius 3 is 2.32 bits per heavy atom. The molecule has 0 saturated carbocycles. The Kier molecular flexibility index (Phi) is 5.31. The fraction of sp³-hybridized carbons (Fsp3) is 0.222. The van der Waals surface area contributed by atoms with Gasteiger partial charge in [-0.05, 0) is 37.5 Å². The van der Waals surface area contributed by atoms with Crippen LogP contribution in [0.2, 0.25) is 0 Å². The van der Waals surface area contributed by atoms with Crippen molar-refractivity contribution >= 4 is 11.6 Å². The van der Waals surface area contributed by atoms with Crippen LogP contribution in [0, 0.1) is 13.8 Å². The van der Waals surface area contributed by atoms with Gasteiger partial charge in [0.05, 0.1) is 5.71 Å². The van der Waals surface area contributed by atoms with Crippen LogP contribution in [-0.4, -0.2) is 18.2 Å². The van der Waals surface area contributed by atoms with Crippen molar-refractivity contribution in [3.8, 4) is 5.75 Å². The summed E-state index contributed by atoms with van der Waals surface area (Å²) in [5.41, 5.74) is 6.26. The molecule has 0 bridgehead atoms. The third-order valence-electron chi connectivity index (χ3n) is 3.30. The van der Waals surface area contributed by atoms with Crippen molar-refractivity contribution in [2.75, 3.05) is 6.61 Å². The van der Waals surface area contributed by atoms with Crippen LogP contribution in [0.1, 0.15) is 23.6 Å². The number of nitrogens with one attached hydrogen (secondary N) is 1. The molecule has 0 atom stereocenters. The first-order valence-corrected chi connectivity index (χ1v) is 7.15. The van der Waals surface area contributed by atoms with Gasteiger partial charge < -0.3 is 4.74 Å². The second kappa shape index (κ2) is 7.41. The molecule has 0 aliphatic carbocycles. The molecular weight excluding hydrogens is 276 g/mol. The molecule has 0 spiro atoms. The van der Waals surface area contributed by atoms with E-state index in [0.29, 0.717) is 0 Å². The normalized spacial score (nSPS) is 11.1. The van der Waals surface area contributed by atoms with Gasteiger partial charge in [-0.1, -0.05) is 48.5 Å². The number of aryl methyl sites for hydroxylation is 2. The molecule has 2 aromatic rings. The first-order valence-electron chi connectivity index (χ1n) is 7.15. The lowest BCUT2D eigenvalue weighted by atomic mass is 10.1. The molecule has 0 aromatic heterocycles. The molecule has 0 heterocycles. The van der Waals surface area contributed by atoms with E-state index in [0.717, 1.165) is 28.2 Å². The number of hydrogen-bond donors (Lipinski definition) is 1. The summed E-state index contributed by atoms with van der Waals surface area (Å²) < 4.78 is 5.59. The number of carbonyl (C=O) groups excluding carboxylic acids is 1. The smallest absolute Gasteiger partial charge is 0.277 e. The van der Waals surface area contributed by atoms with Crippen LogP contribution in [0.25, 0.3) is 0 Å². The molecule has 0 radical (unpaired) electrons. The second-order valence-corrected chi connectivity index (χ2v) is 5.11. The first kappa shape index (κ1) is 15.8. The van der Waals surface area contributed by atoms with E-state index in [9.17, 15) is 4.79 Å². The van der Waals surface area contributed by atoms with Crippen molar-refractivity contribution < 1.29 is 9.53 Å². The van der Waals surface area contributed by atoms with Gasteiger partial charge in [0.15, 0.2) is 6.61 Å². The molecule has 0 fully saturated rings. The lowest BCUT2D eigenvalue weighted by Gasteiger charge is -2.11. The van der Waals surface area contributed by atoms with Gasteiger partial charge in [0.25, 0.3) is 5.91 Å². The highest BCUT2D eigenvalue weighted by molar-refractivity contribution is 5.99. The van der Waals surface area contributed by atoms with Crippen molar-refractivity contribution in [1.82, 2.24) is 5.43 Å². The summed E-state index contributed by atoms with van der Waals surface area (Å²) in [7, 11) is 0. The minimum atomic E-state index is -0.280. The molecule has 4 nitrogen and oxygen atoms in total. The van der Waals surface area contributed by atoms with Crippen LogP contribution in [0.3, 0.4) is 0 Å². The lowest BCUT2D eigenvalue weighted by molar-refractivity contribution is -0.123. The van der Waals surface area contributed by atoms with Gasteiger partial charge in [-0.2, -0.15) is 5.10 Å². The van der Waals surface area contributed by atoms with Crippen LogP contribution in [-0.2, 0) is 4.79 Å². The summed E-state index contributed by atoms with van der Waals surface area (Å²) in [5.74, 6) is 0.472. The SMILES string of the molecule is C/C(=N/NC(=O)COc1c(C)cccc1C)c1ccccc1. The summed E-state index contributed by atoms with van der Waals surface area (Å²) in [6.07, 6.45) is 0. The molecule has 2 rings (SSSR count). The van der Waals surface area contributed by atoms with E-state index < -0.39 is 0 Å². The molecule has 0 unspecified atom stereocenters. The van der Waals surface area contributed by atoms with E-state index in [1.165, 1.54) is 0 Å². The van der Waals surface area contributed by atoms with Crippen LogP contribution in [0.4, 0.5) is 0 Å². The summed E-state index contributed by atoms with van der Waals surface area (Å²) >= 11 is 0. The number of hydrogen-bond acceptors (Lipinski definition) is 3. The highest BCUT2D eigenvalue weighted by Crippen LogP contribution is 2.21. The predicted molar refractivity (Wildman–Crippen MR) is 88.2 cm³/mol. The molecule has 0 saturated heterocycles. The summed E-state index contributed by atoms with van der Waals surface area (Å²) in [4.78, 5) is 11.8. The summed E-state index contributed by atoms with van der Waals surface area (Å²) in [6, 6.07) is 15.6. The van der Waals surface area contributed by atoms with E-state index in [1.807, 2.05) is 69.3 Å². The van der Waals surface area contributed by atoms with Gasteiger partial charge in [0, 0.05) is 0 Å². The monoisotopic (exact) mass is 296 g/mol. The average molecular weight is 296 g/mol. The summed E-state index contributed by atoms with van der Waals surface area (Å²) in [6.45, 7) is 5.70. The van der Waals surface area contributed by atoms with Crippen LogP contribution in [0.5, 0.6) is 5.75 Å². The molecule has 22 heavy (non-hydrogen) atoms. The maximum Gasteiger partial charge on any atom is 0.277 e. The van der Waals surface area contributed by atoms with Crippen LogP contribution >= 0.6 is 0 Å². The van der Waals surface area contributed by atoms with Gasteiger partial charge >= 0.3 is 0 Å². The Morgan fingerprint density at radius 2 is 1.68 bits per heavy atom. The minimum absolute atomic E-state index is 0.0583. The zero-order chi connectivity index (χ0) is 15.9. The molecular formula is C18H20N2O2. The van der Waals surface area contributed by atoms with Crippen molar-refractivity contribution in [3.63, 3.8) is 0 Å². The Labute approximate surface area is 130 Å². The fourth-order valence-electron chi connectivity index (χ4n) is 2.09. The van der Waals surface area contributed by atoms with E-state index in [4.69, 9.17) is 4.74 Å². The molecule has 0 aliphatic rings. The van der Waals surface area contributed by atoms with Crippen LogP contribution < -0.4 is 10.2 Å². The van der Waals surface area contributed by atoms with Gasteiger partial charge in [-0.15, -0.1) is 0 Å². The number of hydrazone groups is 1. The van der Waals surface area contributed by atoms with Gasteiger partial charge in [-0.25, -0.2) is 5.43 Å². The Morgan fingerprint density at radius 1 is 1.05 bits per heavy atom. The molecule has 4 heteroatoms. The number of ether oxygens (including phenoxy) is 1. The number of para-hydroxylation sites is 1. The van der Waals surface area contributed by atoms with Gasteiger partial charge in [0.2, 0.25) is 0 Å². The molecule has 1 N–H and O–H groups in total. The Hall–Kier alpha value is -2.62. The average Bonchev–Trinajstić information content (AvgIpc) is 2.53. The molecule has 1 amide bonds. The highest BCUT2D eigenvalue weighted by Gasteiger charge is 2.07. The van der Waals surface area contributed by atoms with Crippen molar-refractivity contribution in [2.24, 2.45) is 5.10 Å². The molecule has 114 valence electrons. The van der Waals surface area contributed by atoms with E-state index in [1.54, 1.807) is 0 Å². The summed E-state index contributed by atoms with van der Waals surface area (Å²) in [5, 5.41) is 4.09. The highest BCUT2D eigenvalue weighted by atomic mass is 16.5. The van der Waals surface area contributed by atoms with Crippen molar-refractivity contribution in [2.45, 2.75) is 20.8 Å². The topological polar surface area (TPSA) is 50.7 Å². The van der Waals surface area contributed by atoms with E-state index in [2.05, 4.69) is 10.5 Å². The van der Waals surface area contributed by atoms with Crippen molar-refractivity contribution in [1.29, 1.82) is 0 Å². The van der Waals surface area contributed by atoms with E-state index >= 15 is 0 Å². The maximum atomic E-state index is 11.8. The lowest BCUT2D eigenvalue weighted by Crippen LogP contribution is -2.26. The standard InChI is InChI=1S/C18H20N2O2/c1-13-8-7-9-14(2)18(13)22-12-17(21)20-19-15(3)16-10-5-4-6-11-16/h4-11H,12H2,1-3H3,(H,20,21)/b19-15-. The zero-order valence-corrected chi connectivity index (χ0v) is 13.1. The quantitative estimate of drug-likeness (QED) is 0.680. The number of rotatable bonds is 5. The predicted octanol–water partition coefficient (Wildman–Crippen LogP) is 3.22. The largest absolute Gasteiger partial charge is 0.483 e. The Bertz CT molecular complexity index is 658. The molecule has 0 aliphatic heterocycles. The van der Waals surface area contributed by atoms with Gasteiger partial charge in [-0.3, -0.25) is 4.79 Å². The first-order chi connectivity index (χ1) is 10.6. The third kappa shape index (κ3) is 4.19. The zero-order valence-electron chi connectivity index (χ0n) is 13.1. The molecule has 2 aromatic carbocycles. The third-order valence-corrected chi connectivity index (χ3v) is 3.30. The van der Waals surface area contributed by atoms with Gasteiger partial charge in [0.1, 0.15) is 5.75 Å². The van der Waals surface area contributed by atoms with Crippen LogP contribution in [0.15, 0.2) is 53.6 Å². The number of carbonyl (C=O) groups is 1. The fourth-order valence-corrected chi connectivity index (χ4v) is 2.09. The number of benzene rings is 2. The Balaban J connectivity index is 1.91. The number of nitrogens with zero attached hydrogens (tertiary/aromatic N) is 1.